The smallest absolute Gasteiger partial charge is 0.462 e. The summed E-state index contributed by atoms with van der Waals surface area (Å²) >= 11 is 0. The molecule has 0 radical (unpaired) electrons. The molecule has 0 aromatic heterocycles. The van der Waals surface area contributed by atoms with Gasteiger partial charge in [0.05, 0.1) is 26.4 Å². The van der Waals surface area contributed by atoms with Gasteiger partial charge in [0.25, 0.3) is 0 Å². The van der Waals surface area contributed by atoms with Crippen LogP contribution in [0.15, 0.2) is 0 Å². The minimum atomic E-state index is -4.94. The van der Waals surface area contributed by atoms with Crippen molar-refractivity contribution in [2.45, 2.75) is 318 Å². The van der Waals surface area contributed by atoms with Gasteiger partial charge < -0.3 is 33.8 Å². The number of rotatable bonds is 60. The van der Waals surface area contributed by atoms with Gasteiger partial charge in [-0.1, -0.05) is 248 Å². The Morgan fingerprint density at radius 2 is 0.585 bits per heavy atom. The first-order valence-electron chi connectivity index (χ1n) is 32.7. The Labute approximate surface area is 498 Å². The minimum Gasteiger partial charge on any atom is -0.462 e. The maximum absolute atomic E-state index is 13.0. The summed E-state index contributed by atoms with van der Waals surface area (Å²) in [7, 11) is -9.89. The molecule has 486 valence electrons. The Morgan fingerprint density at radius 1 is 0.341 bits per heavy atom. The zero-order chi connectivity index (χ0) is 61.1. The highest BCUT2D eigenvalue weighted by Crippen LogP contribution is 2.45. The molecule has 19 heteroatoms. The third-order valence-corrected chi connectivity index (χ3v) is 16.6. The van der Waals surface area contributed by atoms with Gasteiger partial charge >= 0.3 is 39.5 Å². The fourth-order valence-corrected chi connectivity index (χ4v) is 10.8. The van der Waals surface area contributed by atoms with E-state index >= 15 is 0 Å². The van der Waals surface area contributed by atoms with Crippen LogP contribution in [0.1, 0.15) is 299 Å². The molecule has 0 heterocycles. The summed E-state index contributed by atoms with van der Waals surface area (Å²) < 4.78 is 67.9. The lowest BCUT2D eigenvalue weighted by Crippen LogP contribution is -2.30. The lowest BCUT2D eigenvalue weighted by atomic mass is 9.99. The number of phosphoric ester groups is 2. The molecule has 3 N–H and O–H groups in total. The van der Waals surface area contributed by atoms with Crippen LogP contribution in [-0.4, -0.2) is 96.7 Å². The molecule has 6 atom stereocenters. The standard InChI is InChI=1S/C63H122O17P2/c1-9-56(8)42-34-26-17-11-13-18-27-35-43-60(65)73-49-58(80-63(68)46-38-30-20-14-16-24-32-40-54(4)5)51-77-81(69,70)75-47-57(64)48-76-82(71,72)78-52-59(50-74-61(66)44-36-28-22-21-25-33-41-55(6)7)79-62(67)45-37-29-19-12-10-15-23-31-39-53(2)3/h53-59,64H,9-52H2,1-8H3,(H,69,70)(H,71,72)/t56?,57-,58-,59-/m1/s1. The molecule has 0 aromatic rings. The van der Waals surface area contributed by atoms with Gasteiger partial charge in [-0.05, 0) is 49.4 Å². The zero-order valence-corrected chi connectivity index (χ0v) is 54.9. The maximum atomic E-state index is 13.0. The van der Waals surface area contributed by atoms with E-state index in [1.807, 2.05) is 0 Å². The number of phosphoric acid groups is 2. The summed E-state index contributed by atoms with van der Waals surface area (Å²) in [5.74, 6) is 0.726. The van der Waals surface area contributed by atoms with Crippen LogP contribution in [0.25, 0.3) is 0 Å². The molecule has 0 rings (SSSR count). The molecule has 0 bridgehead atoms. The molecule has 82 heavy (non-hydrogen) atoms. The molecular weight excluding hydrogens is 1090 g/mol. The lowest BCUT2D eigenvalue weighted by Gasteiger charge is -2.21. The van der Waals surface area contributed by atoms with Crippen molar-refractivity contribution >= 4 is 39.5 Å². The average Bonchev–Trinajstić information content (AvgIpc) is 3.43. The largest absolute Gasteiger partial charge is 0.472 e. The molecule has 0 spiro atoms. The van der Waals surface area contributed by atoms with Crippen LogP contribution in [-0.2, 0) is 65.4 Å². The highest BCUT2D eigenvalue weighted by molar-refractivity contribution is 7.47. The monoisotopic (exact) mass is 1210 g/mol. The summed E-state index contributed by atoms with van der Waals surface area (Å²) in [6, 6.07) is 0. The van der Waals surface area contributed by atoms with Crippen molar-refractivity contribution in [2.24, 2.45) is 23.7 Å². The summed E-state index contributed by atoms with van der Waals surface area (Å²) in [6.45, 7) is 13.9. The number of ether oxygens (including phenoxy) is 4. The molecule has 0 saturated heterocycles. The average molecular weight is 1210 g/mol. The van der Waals surface area contributed by atoms with Crippen molar-refractivity contribution in [3.8, 4) is 0 Å². The van der Waals surface area contributed by atoms with Crippen LogP contribution in [0.4, 0.5) is 0 Å². The quantitative estimate of drug-likeness (QED) is 0.0222. The number of carbonyl (C=O) groups is 4. The Hall–Kier alpha value is -1.94. The number of hydrogen-bond donors (Lipinski definition) is 3. The van der Waals surface area contributed by atoms with Crippen molar-refractivity contribution in [3.63, 3.8) is 0 Å². The fourth-order valence-electron chi connectivity index (χ4n) is 9.22. The van der Waals surface area contributed by atoms with E-state index in [2.05, 4.69) is 55.4 Å². The molecule has 0 fully saturated rings. The van der Waals surface area contributed by atoms with Crippen LogP contribution in [0, 0.1) is 23.7 Å². The predicted octanol–water partition coefficient (Wildman–Crippen LogP) is 17.0. The second-order valence-electron chi connectivity index (χ2n) is 24.5. The highest BCUT2D eigenvalue weighted by atomic mass is 31.2. The maximum Gasteiger partial charge on any atom is 0.472 e. The van der Waals surface area contributed by atoms with E-state index in [-0.39, 0.29) is 25.7 Å². The summed E-state index contributed by atoms with van der Waals surface area (Å²) in [6.07, 6.45) is 32.3. The van der Waals surface area contributed by atoms with E-state index in [0.29, 0.717) is 37.5 Å². The molecular formula is C63H122O17P2. The van der Waals surface area contributed by atoms with Gasteiger partial charge in [-0.25, -0.2) is 9.13 Å². The van der Waals surface area contributed by atoms with E-state index in [9.17, 15) is 43.2 Å². The Bertz CT molecular complexity index is 1650. The third kappa shape index (κ3) is 55.9. The Kier molecular flexibility index (Phi) is 52.0. The van der Waals surface area contributed by atoms with E-state index in [4.69, 9.17) is 37.0 Å². The van der Waals surface area contributed by atoms with Gasteiger partial charge in [0, 0.05) is 25.7 Å². The number of hydrogen-bond acceptors (Lipinski definition) is 15. The van der Waals surface area contributed by atoms with E-state index in [0.717, 1.165) is 108 Å². The van der Waals surface area contributed by atoms with Gasteiger partial charge in [0.1, 0.15) is 19.3 Å². The number of esters is 4. The minimum absolute atomic E-state index is 0.102. The van der Waals surface area contributed by atoms with Gasteiger partial charge in [-0.2, -0.15) is 0 Å². The summed E-state index contributed by atoms with van der Waals surface area (Å²) in [5, 5.41) is 10.5. The Balaban J connectivity index is 5.25. The number of unbranched alkanes of at least 4 members (excludes halogenated alkanes) is 25. The van der Waals surface area contributed by atoms with Gasteiger partial charge in [-0.3, -0.25) is 37.3 Å². The van der Waals surface area contributed by atoms with Crippen LogP contribution in [0.2, 0.25) is 0 Å². The highest BCUT2D eigenvalue weighted by Gasteiger charge is 2.30. The van der Waals surface area contributed by atoms with Crippen LogP contribution >= 0.6 is 15.6 Å². The van der Waals surface area contributed by atoms with Crippen molar-refractivity contribution in [1.82, 2.24) is 0 Å². The van der Waals surface area contributed by atoms with Crippen LogP contribution in [0.3, 0.4) is 0 Å². The molecule has 0 aliphatic rings. The first-order valence-corrected chi connectivity index (χ1v) is 35.7. The van der Waals surface area contributed by atoms with Gasteiger partial charge in [-0.15, -0.1) is 0 Å². The summed E-state index contributed by atoms with van der Waals surface area (Å²) in [4.78, 5) is 72.1. The van der Waals surface area contributed by atoms with Crippen molar-refractivity contribution in [3.05, 3.63) is 0 Å². The van der Waals surface area contributed by atoms with Crippen LogP contribution in [0.5, 0.6) is 0 Å². The first-order chi connectivity index (χ1) is 39.1. The predicted molar refractivity (Wildman–Crippen MR) is 326 cm³/mol. The van der Waals surface area contributed by atoms with Gasteiger partial charge in [0.2, 0.25) is 0 Å². The number of aliphatic hydroxyl groups excluding tert-OH is 1. The number of carbonyl (C=O) groups excluding carboxylic acids is 4. The Morgan fingerprint density at radius 3 is 0.866 bits per heavy atom. The first kappa shape index (κ1) is 80.1. The molecule has 17 nitrogen and oxygen atoms in total. The van der Waals surface area contributed by atoms with Gasteiger partial charge in [0.15, 0.2) is 12.2 Å². The topological polar surface area (TPSA) is 237 Å². The number of aliphatic hydroxyl groups is 1. The second-order valence-corrected chi connectivity index (χ2v) is 27.4. The fraction of sp³-hybridized carbons (Fsp3) is 0.937. The molecule has 3 unspecified atom stereocenters. The SMILES string of the molecule is CCC(C)CCCCCCCCCCC(=O)OC[C@H](COP(=O)(O)OC[C@@H](O)COP(=O)(O)OC[C@@H](COC(=O)CCCCCCCCC(C)C)OC(=O)CCCCCCCCCCC(C)C)OC(=O)CCCCCCCCCC(C)C. The van der Waals surface area contributed by atoms with E-state index < -0.39 is 97.5 Å². The van der Waals surface area contributed by atoms with Crippen LogP contribution < -0.4 is 0 Å². The van der Waals surface area contributed by atoms with Crippen molar-refractivity contribution in [1.29, 1.82) is 0 Å². The lowest BCUT2D eigenvalue weighted by molar-refractivity contribution is -0.161. The molecule has 0 aliphatic carbocycles. The third-order valence-electron chi connectivity index (χ3n) is 14.7. The van der Waals surface area contributed by atoms with E-state index in [1.54, 1.807) is 0 Å². The van der Waals surface area contributed by atoms with Crippen molar-refractivity contribution < 1.29 is 80.2 Å². The van der Waals surface area contributed by atoms with E-state index in [1.165, 1.54) is 96.3 Å². The molecule has 0 aromatic carbocycles. The zero-order valence-electron chi connectivity index (χ0n) is 53.1. The summed E-state index contributed by atoms with van der Waals surface area (Å²) in [5.41, 5.74) is 0. The molecule has 0 amide bonds. The molecule has 0 aliphatic heterocycles. The second kappa shape index (κ2) is 53.3. The normalized spacial score (nSPS) is 14.8. The molecule has 0 saturated carbocycles. The van der Waals surface area contributed by atoms with Crippen molar-refractivity contribution in [2.75, 3.05) is 39.6 Å².